The molecule has 0 bridgehead atoms. The molecule has 0 unspecified atom stereocenters. The number of amides is 3. The molecule has 0 saturated carbocycles. The van der Waals surface area contributed by atoms with Crippen LogP contribution in [0.2, 0.25) is 5.02 Å². The van der Waals surface area contributed by atoms with E-state index in [4.69, 9.17) is 11.6 Å². The van der Waals surface area contributed by atoms with Crippen molar-refractivity contribution in [1.29, 1.82) is 0 Å². The lowest BCUT2D eigenvalue weighted by Crippen LogP contribution is -2.39. The van der Waals surface area contributed by atoms with Gasteiger partial charge in [0.25, 0.3) is 11.8 Å². The van der Waals surface area contributed by atoms with Crippen LogP contribution in [0, 0.1) is 0 Å². The fourth-order valence-electron chi connectivity index (χ4n) is 4.96. The van der Waals surface area contributed by atoms with E-state index in [1.54, 1.807) is 39.0 Å². The molecule has 0 atom stereocenters. The number of anilines is 1. The number of rotatable bonds is 6. The van der Waals surface area contributed by atoms with Crippen molar-refractivity contribution in [3.63, 3.8) is 0 Å². The molecule has 2 aliphatic heterocycles. The number of hydrogen-bond donors (Lipinski definition) is 0. The van der Waals surface area contributed by atoms with Crippen molar-refractivity contribution >= 4 is 35.0 Å². The van der Waals surface area contributed by atoms with Crippen LogP contribution >= 0.6 is 11.6 Å². The fraction of sp³-hybridized carbons (Fsp3) is 0.258. The normalized spacial score (nSPS) is 15.1. The van der Waals surface area contributed by atoms with E-state index in [1.165, 1.54) is 0 Å². The van der Waals surface area contributed by atoms with E-state index in [2.05, 4.69) is 4.90 Å². The molecule has 2 aliphatic rings. The van der Waals surface area contributed by atoms with Crippen LogP contribution in [0.1, 0.15) is 37.4 Å². The predicted molar refractivity (Wildman–Crippen MR) is 153 cm³/mol. The Morgan fingerprint density at radius 1 is 0.795 bits per heavy atom. The standard InChI is InChI=1S/C31H31ClN4O3/c1-33(2)18-23-7-10-26-20-35(31(39)25-11-13-27(32)14-12-25)21-29(37)36(28(26)17-23)19-22-5-8-24(9-6-22)30(38)34-15-3-4-16-34/h3-14,17H,15-16,18-21H2,1-2H3. The first-order chi connectivity index (χ1) is 18.8. The minimum Gasteiger partial charge on any atom is -0.331 e. The molecule has 0 aliphatic carbocycles. The number of benzene rings is 3. The quantitative estimate of drug-likeness (QED) is 0.427. The van der Waals surface area contributed by atoms with Crippen molar-refractivity contribution in [2.75, 3.05) is 38.6 Å². The lowest BCUT2D eigenvalue weighted by atomic mass is 10.1. The molecule has 3 aromatic carbocycles. The molecule has 0 N–H and O–H groups in total. The number of hydrogen-bond acceptors (Lipinski definition) is 4. The predicted octanol–water partition coefficient (Wildman–Crippen LogP) is 4.60. The Kier molecular flexibility index (Phi) is 7.82. The average molecular weight is 543 g/mol. The van der Waals surface area contributed by atoms with E-state index in [-0.39, 0.29) is 24.3 Å². The molecule has 0 aromatic heterocycles. The fourth-order valence-corrected chi connectivity index (χ4v) is 5.08. The highest BCUT2D eigenvalue weighted by atomic mass is 35.5. The second kappa shape index (κ2) is 11.4. The molecule has 3 aromatic rings. The van der Waals surface area contributed by atoms with Crippen LogP contribution in [-0.2, 0) is 24.4 Å². The number of carbonyl (C=O) groups excluding carboxylic acids is 3. The average Bonchev–Trinajstić information content (AvgIpc) is 3.43. The van der Waals surface area contributed by atoms with Gasteiger partial charge >= 0.3 is 0 Å². The zero-order valence-electron chi connectivity index (χ0n) is 22.1. The van der Waals surface area contributed by atoms with Crippen LogP contribution in [0.15, 0.2) is 78.9 Å². The highest BCUT2D eigenvalue weighted by Gasteiger charge is 2.30. The van der Waals surface area contributed by atoms with E-state index in [1.807, 2.05) is 68.7 Å². The number of nitrogens with zero attached hydrogens (tertiary/aromatic N) is 4. The van der Waals surface area contributed by atoms with Crippen molar-refractivity contribution in [3.05, 3.63) is 112 Å². The van der Waals surface area contributed by atoms with Gasteiger partial charge in [-0.3, -0.25) is 14.4 Å². The zero-order chi connectivity index (χ0) is 27.5. The molecular formula is C31H31ClN4O3. The smallest absolute Gasteiger partial charge is 0.254 e. The summed E-state index contributed by atoms with van der Waals surface area (Å²) in [5.41, 5.74) is 4.79. The van der Waals surface area contributed by atoms with Crippen molar-refractivity contribution in [2.45, 2.75) is 19.6 Å². The summed E-state index contributed by atoms with van der Waals surface area (Å²) in [6, 6.07) is 20.2. The molecule has 3 amide bonds. The van der Waals surface area contributed by atoms with Crippen molar-refractivity contribution < 1.29 is 14.4 Å². The van der Waals surface area contributed by atoms with E-state index >= 15 is 0 Å². The van der Waals surface area contributed by atoms with Gasteiger partial charge in [-0.1, -0.05) is 48.0 Å². The summed E-state index contributed by atoms with van der Waals surface area (Å²) >= 11 is 6.01. The molecule has 5 rings (SSSR count). The van der Waals surface area contributed by atoms with Crippen LogP contribution in [0.5, 0.6) is 0 Å². The van der Waals surface area contributed by atoms with Gasteiger partial charge in [0.15, 0.2) is 0 Å². The third-order valence-corrected chi connectivity index (χ3v) is 7.21. The first-order valence-electron chi connectivity index (χ1n) is 12.9. The van der Waals surface area contributed by atoms with Gasteiger partial charge in [-0.2, -0.15) is 0 Å². The van der Waals surface area contributed by atoms with Gasteiger partial charge < -0.3 is 19.6 Å². The van der Waals surface area contributed by atoms with Crippen molar-refractivity contribution in [2.24, 2.45) is 0 Å². The van der Waals surface area contributed by atoms with Gasteiger partial charge in [-0.15, -0.1) is 0 Å². The molecule has 8 heteroatoms. The maximum Gasteiger partial charge on any atom is 0.254 e. The Balaban J connectivity index is 1.43. The molecule has 39 heavy (non-hydrogen) atoms. The highest BCUT2D eigenvalue weighted by Crippen LogP contribution is 2.30. The maximum absolute atomic E-state index is 13.7. The monoisotopic (exact) mass is 542 g/mol. The second-order valence-corrected chi connectivity index (χ2v) is 10.7. The summed E-state index contributed by atoms with van der Waals surface area (Å²) in [5.74, 6) is -0.391. The van der Waals surface area contributed by atoms with Crippen LogP contribution < -0.4 is 4.90 Å². The number of fused-ring (bicyclic) bond motifs is 1. The maximum atomic E-state index is 13.7. The van der Waals surface area contributed by atoms with Gasteiger partial charge in [0, 0.05) is 48.0 Å². The molecule has 0 spiro atoms. The summed E-state index contributed by atoms with van der Waals surface area (Å²) in [6.07, 6.45) is 3.97. The Labute approximate surface area is 233 Å². The van der Waals surface area contributed by atoms with Crippen molar-refractivity contribution in [1.82, 2.24) is 14.7 Å². The Morgan fingerprint density at radius 3 is 2.03 bits per heavy atom. The van der Waals surface area contributed by atoms with Crippen molar-refractivity contribution in [3.8, 4) is 0 Å². The molecule has 7 nitrogen and oxygen atoms in total. The van der Waals surface area contributed by atoms with Crippen LogP contribution in [0.25, 0.3) is 0 Å². The molecule has 0 fully saturated rings. The first-order valence-corrected chi connectivity index (χ1v) is 13.3. The third-order valence-electron chi connectivity index (χ3n) is 6.95. The summed E-state index contributed by atoms with van der Waals surface area (Å²) in [6.45, 7) is 2.58. The van der Waals surface area contributed by atoms with Crippen LogP contribution in [-0.4, -0.2) is 66.2 Å². The van der Waals surface area contributed by atoms with Gasteiger partial charge in [-0.25, -0.2) is 0 Å². The van der Waals surface area contributed by atoms with Gasteiger partial charge in [-0.05, 0) is 73.3 Å². The molecular weight excluding hydrogens is 512 g/mol. The summed E-state index contributed by atoms with van der Waals surface area (Å²) in [5, 5.41) is 0.549. The van der Waals surface area contributed by atoms with Crippen LogP contribution in [0.3, 0.4) is 0 Å². The summed E-state index contributed by atoms with van der Waals surface area (Å²) < 4.78 is 0. The summed E-state index contributed by atoms with van der Waals surface area (Å²) in [7, 11) is 4.00. The number of halogens is 1. The minimum absolute atomic E-state index is 0.00701. The lowest BCUT2D eigenvalue weighted by Gasteiger charge is -2.24. The first kappa shape index (κ1) is 26.7. The lowest BCUT2D eigenvalue weighted by molar-refractivity contribution is -0.119. The Morgan fingerprint density at radius 2 is 1.38 bits per heavy atom. The highest BCUT2D eigenvalue weighted by molar-refractivity contribution is 6.30. The van der Waals surface area contributed by atoms with Gasteiger partial charge in [0.1, 0.15) is 6.54 Å². The number of carbonyl (C=O) groups is 3. The van der Waals surface area contributed by atoms with Gasteiger partial charge in [0.2, 0.25) is 5.91 Å². The third kappa shape index (κ3) is 6.05. The molecule has 0 radical (unpaired) electrons. The Bertz CT molecular complexity index is 1410. The van der Waals surface area contributed by atoms with E-state index in [9.17, 15) is 14.4 Å². The Hall–Kier alpha value is -3.94. The van der Waals surface area contributed by atoms with E-state index < -0.39 is 0 Å². The minimum atomic E-state index is -0.218. The van der Waals surface area contributed by atoms with Crippen LogP contribution in [0.4, 0.5) is 5.69 Å². The molecule has 2 heterocycles. The molecule has 0 saturated heterocycles. The van der Waals surface area contributed by atoms with E-state index in [0.29, 0.717) is 42.3 Å². The zero-order valence-corrected chi connectivity index (χ0v) is 22.9. The summed E-state index contributed by atoms with van der Waals surface area (Å²) in [4.78, 5) is 47.0. The second-order valence-electron chi connectivity index (χ2n) is 10.2. The molecule has 200 valence electrons. The SMILES string of the molecule is CN(C)Cc1ccc2c(c1)N(Cc1ccc(C(=O)N3CC=CC3)cc1)C(=O)CN(C(=O)c1ccc(Cl)cc1)C2. The largest absolute Gasteiger partial charge is 0.331 e. The van der Waals surface area contributed by atoms with E-state index in [0.717, 1.165) is 28.9 Å². The van der Waals surface area contributed by atoms with Gasteiger partial charge in [0.05, 0.1) is 6.54 Å². The topological polar surface area (TPSA) is 64.2 Å².